The van der Waals surface area contributed by atoms with Crippen molar-refractivity contribution < 1.29 is 13.9 Å². The molecule has 112 valence electrons. The van der Waals surface area contributed by atoms with Crippen LogP contribution in [0, 0.1) is 5.82 Å². The van der Waals surface area contributed by atoms with E-state index in [1.54, 1.807) is 6.07 Å². The summed E-state index contributed by atoms with van der Waals surface area (Å²) in [5, 5.41) is 0. The zero-order chi connectivity index (χ0) is 15.4. The molecule has 0 aliphatic heterocycles. The average Bonchev–Trinajstić information content (AvgIpc) is 2.50. The van der Waals surface area contributed by atoms with Crippen molar-refractivity contribution in [2.45, 2.75) is 13.0 Å². The highest BCUT2D eigenvalue weighted by Gasteiger charge is 2.17. The summed E-state index contributed by atoms with van der Waals surface area (Å²) in [5.74, 6) is 0.840. The molecule has 0 saturated carbocycles. The molecule has 0 aliphatic carbocycles. The van der Waals surface area contributed by atoms with Crippen molar-refractivity contribution in [3.63, 3.8) is 0 Å². The van der Waals surface area contributed by atoms with Crippen molar-refractivity contribution in [1.29, 1.82) is 0 Å². The fourth-order valence-electron chi connectivity index (χ4n) is 2.08. The van der Waals surface area contributed by atoms with Crippen molar-refractivity contribution >= 4 is 15.9 Å². The molecule has 0 aliphatic rings. The van der Waals surface area contributed by atoms with Gasteiger partial charge in [-0.2, -0.15) is 0 Å². The highest BCUT2D eigenvalue weighted by molar-refractivity contribution is 9.10. The van der Waals surface area contributed by atoms with Gasteiger partial charge in [-0.25, -0.2) is 4.39 Å². The summed E-state index contributed by atoms with van der Waals surface area (Å²) in [6, 6.07) is 10.1. The Morgan fingerprint density at radius 3 is 2.48 bits per heavy atom. The van der Waals surface area contributed by atoms with E-state index in [1.807, 2.05) is 31.2 Å². The van der Waals surface area contributed by atoms with Gasteiger partial charge in [-0.1, -0.05) is 12.1 Å². The van der Waals surface area contributed by atoms with Crippen LogP contribution < -0.4 is 15.2 Å². The fraction of sp³-hybridized carbons (Fsp3) is 0.250. The maximum Gasteiger partial charge on any atom is 0.141 e. The molecule has 0 heterocycles. The molecule has 2 aromatic rings. The van der Waals surface area contributed by atoms with Gasteiger partial charge in [0.15, 0.2) is 0 Å². The Morgan fingerprint density at radius 1 is 1.24 bits per heavy atom. The Morgan fingerprint density at radius 2 is 1.90 bits per heavy atom. The molecule has 2 aromatic carbocycles. The number of rotatable bonds is 5. The van der Waals surface area contributed by atoms with Gasteiger partial charge < -0.3 is 15.2 Å². The van der Waals surface area contributed by atoms with Gasteiger partial charge in [0.25, 0.3) is 0 Å². The number of methoxy groups -OCH3 is 1. The van der Waals surface area contributed by atoms with Gasteiger partial charge in [0.05, 0.1) is 24.2 Å². The Labute approximate surface area is 132 Å². The lowest BCUT2D eigenvalue weighted by molar-refractivity contribution is 0.340. The Balaban J connectivity index is 2.34. The van der Waals surface area contributed by atoms with E-state index in [4.69, 9.17) is 15.2 Å². The smallest absolute Gasteiger partial charge is 0.141 e. The molecular formula is C16H17BrFNO2. The lowest BCUT2D eigenvalue weighted by atomic mass is 9.98. The Hall–Kier alpha value is -1.59. The maximum atomic E-state index is 13.6. The second kappa shape index (κ2) is 6.91. The van der Waals surface area contributed by atoms with Gasteiger partial charge in [0, 0.05) is 11.6 Å². The lowest BCUT2D eigenvalue weighted by Crippen LogP contribution is -2.13. The van der Waals surface area contributed by atoms with Crippen molar-refractivity contribution in [2.24, 2.45) is 5.73 Å². The summed E-state index contributed by atoms with van der Waals surface area (Å²) in [4.78, 5) is 0. The van der Waals surface area contributed by atoms with Crippen molar-refractivity contribution in [3.8, 4) is 11.5 Å². The van der Waals surface area contributed by atoms with Crippen LogP contribution in [0.5, 0.6) is 11.5 Å². The molecule has 1 atom stereocenters. The van der Waals surface area contributed by atoms with Gasteiger partial charge in [0.2, 0.25) is 0 Å². The monoisotopic (exact) mass is 353 g/mol. The summed E-state index contributed by atoms with van der Waals surface area (Å²) in [6.45, 7) is 2.55. The minimum Gasteiger partial charge on any atom is -0.496 e. The molecule has 0 amide bonds. The first-order chi connectivity index (χ1) is 10.1. The van der Waals surface area contributed by atoms with E-state index in [-0.39, 0.29) is 5.82 Å². The molecule has 5 heteroatoms. The quantitative estimate of drug-likeness (QED) is 0.881. The Kier molecular flexibility index (Phi) is 5.20. The number of benzene rings is 2. The third-order valence-electron chi connectivity index (χ3n) is 3.16. The molecule has 21 heavy (non-hydrogen) atoms. The zero-order valence-electron chi connectivity index (χ0n) is 11.9. The number of hydrogen-bond acceptors (Lipinski definition) is 3. The van der Waals surface area contributed by atoms with Crippen LogP contribution in [0.15, 0.2) is 40.9 Å². The van der Waals surface area contributed by atoms with Crippen LogP contribution in [0.4, 0.5) is 4.39 Å². The van der Waals surface area contributed by atoms with Crippen molar-refractivity contribution in [3.05, 3.63) is 57.8 Å². The van der Waals surface area contributed by atoms with Crippen LogP contribution in [0.25, 0.3) is 0 Å². The van der Waals surface area contributed by atoms with Crippen LogP contribution >= 0.6 is 15.9 Å². The SMILES string of the molecule is CCOc1ccc(C(N)c2cc(Br)c(F)cc2OC)cc1. The van der Waals surface area contributed by atoms with E-state index in [9.17, 15) is 4.39 Å². The van der Waals surface area contributed by atoms with Gasteiger partial charge in [-0.15, -0.1) is 0 Å². The zero-order valence-corrected chi connectivity index (χ0v) is 13.5. The fourth-order valence-corrected chi connectivity index (χ4v) is 2.44. The van der Waals surface area contributed by atoms with Crippen LogP contribution in [0.3, 0.4) is 0 Å². The molecule has 3 nitrogen and oxygen atoms in total. The molecule has 0 radical (unpaired) electrons. The Bertz CT molecular complexity index is 616. The molecule has 0 bridgehead atoms. The molecule has 0 spiro atoms. The molecule has 0 saturated heterocycles. The minimum absolute atomic E-state index is 0.361. The first-order valence-electron chi connectivity index (χ1n) is 6.58. The first kappa shape index (κ1) is 15.8. The standard InChI is InChI=1S/C16H17BrFNO2/c1-3-21-11-6-4-10(5-7-11)16(19)12-8-13(17)14(18)9-15(12)20-2/h4-9,16H,3,19H2,1-2H3. The highest BCUT2D eigenvalue weighted by atomic mass is 79.9. The van der Waals surface area contributed by atoms with Gasteiger partial charge in [0.1, 0.15) is 17.3 Å². The molecule has 2 N–H and O–H groups in total. The highest BCUT2D eigenvalue weighted by Crippen LogP contribution is 2.33. The van der Waals surface area contributed by atoms with E-state index in [2.05, 4.69) is 15.9 Å². The number of nitrogens with two attached hydrogens (primary N) is 1. The van der Waals surface area contributed by atoms with E-state index in [0.29, 0.717) is 16.8 Å². The third kappa shape index (κ3) is 3.54. The van der Waals surface area contributed by atoms with Gasteiger partial charge in [-0.3, -0.25) is 0 Å². The largest absolute Gasteiger partial charge is 0.496 e. The topological polar surface area (TPSA) is 44.5 Å². The van der Waals surface area contributed by atoms with Crippen LogP contribution in [-0.2, 0) is 0 Å². The first-order valence-corrected chi connectivity index (χ1v) is 7.37. The minimum atomic E-state index is -0.410. The number of halogens is 2. The summed E-state index contributed by atoms with van der Waals surface area (Å²) in [5.41, 5.74) is 7.89. The van der Waals surface area contributed by atoms with Crippen LogP contribution in [0.2, 0.25) is 0 Å². The van der Waals surface area contributed by atoms with E-state index >= 15 is 0 Å². The normalized spacial score (nSPS) is 12.0. The van der Waals surface area contributed by atoms with Crippen molar-refractivity contribution in [2.75, 3.05) is 13.7 Å². The van der Waals surface area contributed by atoms with Crippen LogP contribution in [-0.4, -0.2) is 13.7 Å². The lowest BCUT2D eigenvalue weighted by Gasteiger charge is -2.17. The summed E-state index contributed by atoms with van der Waals surface area (Å²) < 4.78 is 24.6. The van der Waals surface area contributed by atoms with Crippen molar-refractivity contribution in [1.82, 2.24) is 0 Å². The second-order valence-corrected chi connectivity index (χ2v) is 5.34. The molecule has 2 rings (SSSR count). The summed E-state index contributed by atoms with van der Waals surface area (Å²) >= 11 is 3.18. The number of ether oxygens (including phenoxy) is 2. The van der Waals surface area contributed by atoms with Crippen LogP contribution in [0.1, 0.15) is 24.1 Å². The van der Waals surface area contributed by atoms with E-state index in [0.717, 1.165) is 16.9 Å². The predicted molar refractivity (Wildman–Crippen MR) is 84.3 cm³/mol. The molecule has 0 aromatic heterocycles. The van der Waals surface area contributed by atoms with Gasteiger partial charge in [-0.05, 0) is 46.6 Å². The van der Waals surface area contributed by atoms with E-state index < -0.39 is 6.04 Å². The average molecular weight is 354 g/mol. The molecule has 1 unspecified atom stereocenters. The maximum absolute atomic E-state index is 13.6. The summed E-state index contributed by atoms with van der Waals surface area (Å²) in [6.07, 6.45) is 0. The molecule has 0 fully saturated rings. The molecular weight excluding hydrogens is 337 g/mol. The van der Waals surface area contributed by atoms with Gasteiger partial charge >= 0.3 is 0 Å². The predicted octanol–water partition coefficient (Wildman–Crippen LogP) is 4.04. The van der Waals surface area contributed by atoms with E-state index in [1.165, 1.54) is 13.2 Å². The number of hydrogen-bond donors (Lipinski definition) is 1. The third-order valence-corrected chi connectivity index (χ3v) is 3.77. The summed E-state index contributed by atoms with van der Waals surface area (Å²) in [7, 11) is 1.50. The second-order valence-electron chi connectivity index (χ2n) is 4.49.